The number of halogens is 2. The van der Waals surface area contributed by atoms with Gasteiger partial charge in [-0.3, -0.25) is 0 Å². The lowest BCUT2D eigenvalue weighted by Crippen LogP contribution is -2.09. The summed E-state index contributed by atoms with van der Waals surface area (Å²) in [5.74, 6) is 1.96. The van der Waals surface area contributed by atoms with Crippen LogP contribution in [-0.2, 0) is 6.42 Å². The van der Waals surface area contributed by atoms with Crippen molar-refractivity contribution in [3.63, 3.8) is 0 Å². The van der Waals surface area contributed by atoms with Crippen molar-refractivity contribution in [1.29, 1.82) is 0 Å². The fraction of sp³-hybridized carbons (Fsp3) is 0.375. The first-order valence-electron chi connectivity index (χ1n) is 6.92. The van der Waals surface area contributed by atoms with Crippen LogP contribution in [0.4, 0.5) is 5.82 Å². The number of rotatable bonds is 4. The van der Waals surface area contributed by atoms with Gasteiger partial charge in [0.15, 0.2) is 0 Å². The third-order valence-corrected chi connectivity index (χ3v) is 4.10. The summed E-state index contributed by atoms with van der Waals surface area (Å²) in [6.07, 6.45) is 0.520. The van der Waals surface area contributed by atoms with Gasteiger partial charge in [0.05, 0.1) is 0 Å². The van der Waals surface area contributed by atoms with Gasteiger partial charge < -0.3 is 5.32 Å². The van der Waals surface area contributed by atoms with E-state index in [1.807, 2.05) is 32.2 Å². The van der Waals surface area contributed by atoms with E-state index in [0.717, 1.165) is 28.5 Å². The summed E-state index contributed by atoms with van der Waals surface area (Å²) in [4.78, 5) is 9.22. The first kappa shape index (κ1) is 16.1. The molecule has 0 aliphatic carbocycles. The number of anilines is 1. The van der Waals surface area contributed by atoms with Gasteiger partial charge >= 0.3 is 0 Å². The Morgan fingerprint density at radius 3 is 2.29 bits per heavy atom. The summed E-state index contributed by atoms with van der Waals surface area (Å²) >= 11 is 12.4. The predicted molar refractivity (Wildman–Crippen MR) is 89.7 cm³/mol. The van der Waals surface area contributed by atoms with Gasteiger partial charge in [0.2, 0.25) is 0 Å². The lowest BCUT2D eigenvalue weighted by atomic mass is 10.0. The van der Waals surface area contributed by atoms with E-state index in [0.29, 0.717) is 22.4 Å². The van der Waals surface area contributed by atoms with Crippen LogP contribution < -0.4 is 5.32 Å². The minimum Gasteiger partial charge on any atom is -0.373 e. The van der Waals surface area contributed by atoms with Crippen LogP contribution in [0.25, 0.3) is 0 Å². The number of hydrogen-bond donors (Lipinski definition) is 1. The van der Waals surface area contributed by atoms with Gasteiger partial charge in [-0.2, -0.15) is 0 Å². The summed E-state index contributed by atoms with van der Waals surface area (Å²) < 4.78 is 0. The van der Waals surface area contributed by atoms with E-state index in [2.05, 4.69) is 29.1 Å². The molecule has 0 radical (unpaired) electrons. The van der Waals surface area contributed by atoms with Gasteiger partial charge in [-0.05, 0) is 30.5 Å². The molecule has 3 nitrogen and oxygen atoms in total. The van der Waals surface area contributed by atoms with E-state index in [1.54, 1.807) is 0 Å². The standard InChI is InChI=1S/C16H19Cl2N3/c1-9(2)15-10(3)20-14(21-16(15)19-4)8-11-12(17)6-5-7-13(11)18/h5-7,9H,8H2,1-4H3,(H,19,20,21). The summed E-state index contributed by atoms with van der Waals surface area (Å²) in [6, 6.07) is 5.50. The number of nitrogens with one attached hydrogen (secondary N) is 1. The van der Waals surface area contributed by atoms with Crippen LogP contribution in [0.2, 0.25) is 10.0 Å². The molecule has 1 aromatic heterocycles. The van der Waals surface area contributed by atoms with Crippen LogP contribution in [0.15, 0.2) is 18.2 Å². The van der Waals surface area contributed by atoms with E-state index in [9.17, 15) is 0 Å². The van der Waals surface area contributed by atoms with Gasteiger partial charge in [-0.1, -0.05) is 43.1 Å². The van der Waals surface area contributed by atoms with Crippen molar-refractivity contribution in [2.45, 2.75) is 33.1 Å². The second-order valence-electron chi connectivity index (χ2n) is 5.27. The first-order chi connectivity index (χ1) is 9.93. The van der Waals surface area contributed by atoms with Crippen molar-refractivity contribution in [3.05, 3.63) is 50.9 Å². The molecule has 0 saturated carbocycles. The molecule has 21 heavy (non-hydrogen) atoms. The van der Waals surface area contributed by atoms with Crippen LogP contribution in [0.3, 0.4) is 0 Å². The number of hydrogen-bond acceptors (Lipinski definition) is 3. The van der Waals surface area contributed by atoms with E-state index in [4.69, 9.17) is 23.2 Å². The average Bonchev–Trinajstić information content (AvgIpc) is 2.41. The molecule has 1 aromatic carbocycles. The highest BCUT2D eigenvalue weighted by Crippen LogP contribution is 2.29. The third kappa shape index (κ3) is 3.47. The van der Waals surface area contributed by atoms with Crippen LogP contribution in [0, 0.1) is 6.92 Å². The Morgan fingerprint density at radius 2 is 1.76 bits per heavy atom. The molecule has 112 valence electrons. The van der Waals surface area contributed by atoms with Gasteiger partial charge in [-0.25, -0.2) is 9.97 Å². The maximum absolute atomic E-state index is 6.22. The van der Waals surface area contributed by atoms with E-state index >= 15 is 0 Å². The van der Waals surface area contributed by atoms with Crippen molar-refractivity contribution >= 4 is 29.0 Å². The number of aryl methyl sites for hydroxylation is 1. The van der Waals surface area contributed by atoms with Crippen LogP contribution >= 0.6 is 23.2 Å². The summed E-state index contributed by atoms with van der Waals surface area (Å²) in [7, 11) is 1.87. The van der Waals surface area contributed by atoms with Crippen LogP contribution in [-0.4, -0.2) is 17.0 Å². The number of nitrogens with zero attached hydrogens (tertiary/aromatic N) is 2. The fourth-order valence-corrected chi connectivity index (χ4v) is 2.99. The molecule has 0 unspecified atom stereocenters. The largest absolute Gasteiger partial charge is 0.373 e. The Labute approximate surface area is 135 Å². The Balaban J connectivity index is 2.44. The van der Waals surface area contributed by atoms with Crippen LogP contribution in [0.5, 0.6) is 0 Å². The Hall–Kier alpha value is -1.32. The molecule has 0 saturated heterocycles. The van der Waals surface area contributed by atoms with Gasteiger partial charge in [0, 0.05) is 34.8 Å². The van der Waals surface area contributed by atoms with Crippen LogP contribution in [0.1, 0.15) is 42.4 Å². The molecule has 0 aliphatic heterocycles. The lowest BCUT2D eigenvalue weighted by molar-refractivity contribution is 0.814. The molecular weight excluding hydrogens is 305 g/mol. The molecule has 0 fully saturated rings. The highest BCUT2D eigenvalue weighted by Gasteiger charge is 2.15. The quantitative estimate of drug-likeness (QED) is 0.874. The second kappa shape index (κ2) is 6.63. The minimum atomic E-state index is 0.366. The van der Waals surface area contributed by atoms with Gasteiger partial charge in [-0.15, -0.1) is 0 Å². The Bertz CT molecular complexity index is 634. The molecule has 0 bridgehead atoms. The topological polar surface area (TPSA) is 37.8 Å². The Morgan fingerprint density at radius 1 is 1.14 bits per heavy atom. The average molecular weight is 324 g/mol. The molecule has 1 heterocycles. The molecule has 2 rings (SSSR count). The third-order valence-electron chi connectivity index (χ3n) is 3.39. The van der Waals surface area contributed by atoms with Crippen molar-refractivity contribution in [1.82, 2.24) is 9.97 Å². The first-order valence-corrected chi connectivity index (χ1v) is 7.67. The SMILES string of the molecule is CNc1nc(Cc2c(Cl)cccc2Cl)nc(C)c1C(C)C. The zero-order chi connectivity index (χ0) is 15.6. The number of benzene rings is 1. The monoisotopic (exact) mass is 323 g/mol. The fourth-order valence-electron chi connectivity index (χ4n) is 2.46. The smallest absolute Gasteiger partial charge is 0.135 e. The second-order valence-corrected chi connectivity index (χ2v) is 6.08. The highest BCUT2D eigenvalue weighted by atomic mass is 35.5. The van der Waals surface area contributed by atoms with Crippen molar-refractivity contribution < 1.29 is 0 Å². The molecule has 0 atom stereocenters. The minimum absolute atomic E-state index is 0.366. The van der Waals surface area contributed by atoms with Gasteiger partial charge in [0.1, 0.15) is 11.6 Å². The maximum Gasteiger partial charge on any atom is 0.135 e. The highest BCUT2D eigenvalue weighted by molar-refractivity contribution is 6.36. The van der Waals surface area contributed by atoms with Crippen molar-refractivity contribution in [3.8, 4) is 0 Å². The van der Waals surface area contributed by atoms with E-state index in [-0.39, 0.29) is 0 Å². The summed E-state index contributed by atoms with van der Waals surface area (Å²) in [6.45, 7) is 6.28. The molecule has 0 amide bonds. The zero-order valence-electron chi connectivity index (χ0n) is 12.7. The van der Waals surface area contributed by atoms with E-state index < -0.39 is 0 Å². The molecule has 0 spiro atoms. The molecule has 0 aliphatic rings. The Kier molecular flexibility index (Phi) is 5.07. The molecule has 5 heteroatoms. The van der Waals surface area contributed by atoms with E-state index in [1.165, 1.54) is 0 Å². The summed E-state index contributed by atoms with van der Waals surface area (Å²) in [5, 5.41) is 4.44. The molecular formula is C16H19Cl2N3. The molecule has 2 aromatic rings. The predicted octanol–water partition coefficient (Wildman–Crippen LogP) is 4.85. The zero-order valence-corrected chi connectivity index (χ0v) is 14.2. The van der Waals surface area contributed by atoms with Crippen molar-refractivity contribution in [2.75, 3.05) is 12.4 Å². The molecule has 1 N–H and O–H groups in total. The summed E-state index contributed by atoms with van der Waals surface area (Å²) in [5.41, 5.74) is 2.99. The van der Waals surface area contributed by atoms with Gasteiger partial charge in [0.25, 0.3) is 0 Å². The van der Waals surface area contributed by atoms with Crippen molar-refractivity contribution in [2.24, 2.45) is 0 Å². The lowest BCUT2D eigenvalue weighted by Gasteiger charge is -2.16. The normalized spacial score (nSPS) is 11.0. The maximum atomic E-state index is 6.22. The number of aromatic nitrogens is 2.